The Morgan fingerprint density at radius 1 is 1.35 bits per heavy atom. The Balaban J connectivity index is 1.72. The molecule has 1 aromatic rings. The first-order valence-corrected chi connectivity index (χ1v) is 8.48. The summed E-state index contributed by atoms with van der Waals surface area (Å²) >= 11 is 7.52. The Morgan fingerprint density at radius 3 is 2.85 bits per heavy atom. The summed E-state index contributed by atoms with van der Waals surface area (Å²) in [4.78, 5) is 12.8. The number of nitrogens with one attached hydrogen (secondary N) is 1. The topological polar surface area (TPSA) is 55.1 Å². The lowest BCUT2D eigenvalue weighted by Crippen LogP contribution is -2.36. The minimum absolute atomic E-state index is 0.144. The van der Waals surface area contributed by atoms with Crippen molar-refractivity contribution in [1.29, 1.82) is 0 Å². The summed E-state index contributed by atoms with van der Waals surface area (Å²) < 4.78 is 0. The number of rotatable bonds is 5. The van der Waals surface area contributed by atoms with Crippen LogP contribution in [0.1, 0.15) is 38.5 Å². The van der Waals surface area contributed by atoms with Gasteiger partial charge in [0.15, 0.2) is 0 Å². The molecule has 0 saturated heterocycles. The minimum Gasteiger partial charge on any atom is -0.398 e. The van der Waals surface area contributed by atoms with Gasteiger partial charge in [0.05, 0.1) is 0 Å². The van der Waals surface area contributed by atoms with E-state index in [0.717, 1.165) is 23.5 Å². The number of benzene rings is 1. The number of nitrogen functional groups attached to an aromatic ring is 1. The van der Waals surface area contributed by atoms with Crippen molar-refractivity contribution in [2.45, 2.75) is 49.5 Å². The molecule has 0 aliphatic heterocycles. The second kappa shape index (κ2) is 7.79. The third-order valence-corrected chi connectivity index (χ3v) is 4.84. The highest BCUT2D eigenvalue weighted by Gasteiger charge is 2.15. The van der Waals surface area contributed by atoms with Gasteiger partial charge in [0.25, 0.3) is 0 Å². The number of nitrogens with two attached hydrogens (primary N) is 1. The van der Waals surface area contributed by atoms with Crippen molar-refractivity contribution >= 4 is 35.0 Å². The van der Waals surface area contributed by atoms with Crippen molar-refractivity contribution in [2.24, 2.45) is 0 Å². The minimum atomic E-state index is 0.144. The number of anilines is 1. The Morgan fingerprint density at radius 2 is 2.10 bits per heavy atom. The normalized spacial score (nSPS) is 16.1. The molecule has 110 valence electrons. The maximum absolute atomic E-state index is 11.9. The van der Waals surface area contributed by atoms with Crippen LogP contribution in [0.15, 0.2) is 23.1 Å². The van der Waals surface area contributed by atoms with Gasteiger partial charge in [-0.25, -0.2) is 0 Å². The number of halogens is 1. The van der Waals surface area contributed by atoms with Crippen LogP contribution in [-0.2, 0) is 4.79 Å². The van der Waals surface area contributed by atoms with E-state index in [1.54, 1.807) is 23.9 Å². The second-order valence-electron chi connectivity index (χ2n) is 5.18. The van der Waals surface area contributed by atoms with Gasteiger partial charge >= 0.3 is 0 Å². The van der Waals surface area contributed by atoms with Gasteiger partial charge in [0, 0.05) is 33.8 Å². The van der Waals surface area contributed by atoms with E-state index in [4.69, 9.17) is 17.3 Å². The quantitative estimate of drug-likeness (QED) is 0.641. The standard InChI is InChI=1S/C15H21ClN2OS/c16-11-6-7-13(17)14(10-11)20-9-8-15(19)18-12-4-2-1-3-5-12/h6-7,10,12H,1-5,8-9,17H2,(H,18,19). The molecular formula is C15H21ClN2OS. The van der Waals surface area contributed by atoms with Crippen LogP contribution in [0, 0.1) is 0 Å². The van der Waals surface area contributed by atoms with Gasteiger partial charge < -0.3 is 11.1 Å². The summed E-state index contributed by atoms with van der Waals surface area (Å²) in [5.41, 5.74) is 6.59. The van der Waals surface area contributed by atoms with Gasteiger partial charge in [0.2, 0.25) is 5.91 Å². The maximum Gasteiger partial charge on any atom is 0.221 e. The molecule has 1 amide bonds. The van der Waals surface area contributed by atoms with E-state index in [1.807, 2.05) is 6.07 Å². The smallest absolute Gasteiger partial charge is 0.221 e. The van der Waals surface area contributed by atoms with Crippen molar-refractivity contribution in [3.05, 3.63) is 23.2 Å². The van der Waals surface area contributed by atoms with Crippen LogP contribution < -0.4 is 11.1 Å². The third kappa shape index (κ3) is 4.91. The van der Waals surface area contributed by atoms with Gasteiger partial charge in [-0.3, -0.25) is 4.79 Å². The molecule has 0 unspecified atom stereocenters. The first-order valence-electron chi connectivity index (χ1n) is 7.12. The molecule has 1 aromatic carbocycles. The molecule has 0 aromatic heterocycles. The highest BCUT2D eigenvalue weighted by molar-refractivity contribution is 7.99. The molecular weight excluding hydrogens is 292 g/mol. The van der Waals surface area contributed by atoms with Gasteiger partial charge in [0.1, 0.15) is 0 Å². The van der Waals surface area contributed by atoms with Gasteiger partial charge in [-0.15, -0.1) is 11.8 Å². The SMILES string of the molecule is Nc1ccc(Cl)cc1SCCC(=O)NC1CCCCC1. The number of hydrogen-bond donors (Lipinski definition) is 2. The first kappa shape index (κ1) is 15.5. The Labute approximate surface area is 129 Å². The van der Waals surface area contributed by atoms with Crippen LogP contribution in [0.2, 0.25) is 5.02 Å². The fourth-order valence-corrected chi connectivity index (χ4v) is 3.62. The molecule has 0 radical (unpaired) electrons. The molecule has 2 rings (SSSR count). The lowest BCUT2D eigenvalue weighted by Gasteiger charge is -2.22. The Bertz CT molecular complexity index is 461. The Kier molecular flexibility index (Phi) is 6.05. The number of carbonyl (C=O) groups excluding carboxylic acids is 1. The van der Waals surface area contributed by atoms with Gasteiger partial charge in [-0.05, 0) is 31.0 Å². The van der Waals surface area contributed by atoms with Crippen LogP contribution >= 0.6 is 23.4 Å². The molecule has 1 fully saturated rings. The molecule has 0 atom stereocenters. The fraction of sp³-hybridized carbons (Fsp3) is 0.533. The van der Waals surface area contributed by atoms with Gasteiger partial charge in [-0.1, -0.05) is 30.9 Å². The average molecular weight is 313 g/mol. The van der Waals surface area contributed by atoms with Crippen molar-refractivity contribution in [3.8, 4) is 0 Å². The highest BCUT2D eigenvalue weighted by Crippen LogP contribution is 2.28. The monoisotopic (exact) mass is 312 g/mol. The van der Waals surface area contributed by atoms with Crippen LogP contribution in [-0.4, -0.2) is 17.7 Å². The van der Waals surface area contributed by atoms with E-state index in [-0.39, 0.29) is 5.91 Å². The van der Waals surface area contributed by atoms with E-state index >= 15 is 0 Å². The van der Waals surface area contributed by atoms with Crippen molar-refractivity contribution < 1.29 is 4.79 Å². The summed E-state index contributed by atoms with van der Waals surface area (Å²) in [6.45, 7) is 0. The largest absolute Gasteiger partial charge is 0.398 e. The Hall–Kier alpha value is -0.870. The lowest BCUT2D eigenvalue weighted by atomic mass is 9.95. The number of hydrogen-bond acceptors (Lipinski definition) is 3. The molecule has 3 nitrogen and oxygen atoms in total. The summed E-state index contributed by atoms with van der Waals surface area (Å²) in [5.74, 6) is 0.869. The van der Waals surface area contributed by atoms with Gasteiger partial charge in [-0.2, -0.15) is 0 Å². The summed E-state index contributed by atoms with van der Waals surface area (Å²) in [5, 5.41) is 3.80. The van der Waals surface area contributed by atoms with Crippen LogP contribution in [0.5, 0.6) is 0 Å². The molecule has 1 aliphatic carbocycles. The summed E-state index contributed by atoms with van der Waals surface area (Å²) in [6.07, 6.45) is 6.54. The average Bonchev–Trinajstić information content (AvgIpc) is 2.44. The van der Waals surface area contributed by atoms with E-state index in [0.29, 0.717) is 23.2 Å². The van der Waals surface area contributed by atoms with Crippen LogP contribution in [0.3, 0.4) is 0 Å². The predicted octanol–water partition coefficient (Wildman–Crippen LogP) is 3.85. The van der Waals surface area contributed by atoms with E-state index < -0.39 is 0 Å². The zero-order valence-electron chi connectivity index (χ0n) is 11.5. The molecule has 20 heavy (non-hydrogen) atoms. The third-order valence-electron chi connectivity index (χ3n) is 3.53. The summed E-state index contributed by atoms with van der Waals surface area (Å²) in [6, 6.07) is 5.81. The van der Waals surface area contributed by atoms with E-state index in [9.17, 15) is 4.79 Å². The van der Waals surface area contributed by atoms with Crippen molar-refractivity contribution in [2.75, 3.05) is 11.5 Å². The van der Waals surface area contributed by atoms with E-state index in [1.165, 1.54) is 19.3 Å². The molecule has 1 aliphatic rings. The first-order chi connectivity index (χ1) is 9.65. The summed E-state index contributed by atoms with van der Waals surface area (Å²) in [7, 11) is 0. The number of amides is 1. The number of thioether (sulfide) groups is 1. The lowest BCUT2D eigenvalue weighted by molar-refractivity contribution is -0.121. The molecule has 1 saturated carbocycles. The van der Waals surface area contributed by atoms with E-state index in [2.05, 4.69) is 5.32 Å². The fourth-order valence-electron chi connectivity index (χ4n) is 2.43. The molecule has 3 N–H and O–H groups in total. The second-order valence-corrected chi connectivity index (χ2v) is 6.76. The van der Waals surface area contributed by atoms with Crippen molar-refractivity contribution in [1.82, 2.24) is 5.32 Å². The van der Waals surface area contributed by atoms with Crippen molar-refractivity contribution in [3.63, 3.8) is 0 Å². The predicted molar refractivity (Wildman–Crippen MR) is 86.2 cm³/mol. The maximum atomic E-state index is 11.9. The zero-order valence-corrected chi connectivity index (χ0v) is 13.1. The highest BCUT2D eigenvalue weighted by atomic mass is 35.5. The molecule has 0 heterocycles. The van der Waals surface area contributed by atoms with Crippen LogP contribution in [0.25, 0.3) is 0 Å². The number of carbonyl (C=O) groups is 1. The molecule has 5 heteroatoms. The van der Waals surface area contributed by atoms with Crippen LogP contribution in [0.4, 0.5) is 5.69 Å². The zero-order chi connectivity index (χ0) is 14.4. The molecule has 0 bridgehead atoms. The molecule has 0 spiro atoms.